The highest BCUT2D eigenvalue weighted by molar-refractivity contribution is 6.30. The molecule has 1 aliphatic rings. The molecule has 2 atom stereocenters. The molecular weight excluding hydrogens is 408 g/mol. The van der Waals surface area contributed by atoms with E-state index < -0.39 is 11.7 Å². The van der Waals surface area contributed by atoms with E-state index in [0.717, 1.165) is 5.56 Å². The number of aliphatic hydroxyl groups excluding tert-OH is 1. The van der Waals surface area contributed by atoms with Crippen LogP contribution in [-0.2, 0) is 6.54 Å². The van der Waals surface area contributed by atoms with Gasteiger partial charge < -0.3 is 29.9 Å². The Balaban J connectivity index is 1.56. The number of likely N-dealkylation sites (tertiary alicyclic amines) is 1. The standard InChI is InChI=1S/C22H27ClN2O5/c1-29-18-9-15(10-19(11-18)30-2)12-24-14-22(28)7-8-25(13-20(22)26)21(27)16-3-5-17(23)6-4-16/h3-6,9-11,20,24,26,28H,7-8,12-14H2,1-2H3/t20-,22-/m0/s1. The molecule has 0 saturated carbocycles. The first kappa shape index (κ1) is 22.4. The monoisotopic (exact) mass is 434 g/mol. The number of carbonyl (C=O) groups is 1. The number of hydrogen-bond acceptors (Lipinski definition) is 6. The summed E-state index contributed by atoms with van der Waals surface area (Å²) in [5.41, 5.74) is 0.112. The van der Waals surface area contributed by atoms with Gasteiger partial charge in [0.25, 0.3) is 5.91 Å². The van der Waals surface area contributed by atoms with Crippen LogP contribution < -0.4 is 14.8 Å². The number of hydrogen-bond donors (Lipinski definition) is 3. The van der Waals surface area contributed by atoms with Crippen LogP contribution in [-0.4, -0.2) is 66.6 Å². The number of benzene rings is 2. The zero-order valence-corrected chi connectivity index (χ0v) is 17.9. The number of piperidine rings is 1. The minimum absolute atomic E-state index is 0.0621. The molecule has 0 bridgehead atoms. The van der Waals surface area contributed by atoms with Gasteiger partial charge in [-0.3, -0.25) is 4.79 Å². The van der Waals surface area contributed by atoms with Gasteiger partial charge in [0.05, 0.1) is 14.2 Å². The van der Waals surface area contributed by atoms with Crippen molar-refractivity contribution >= 4 is 17.5 Å². The second kappa shape index (κ2) is 9.66. The minimum Gasteiger partial charge on any atom is -0.497 e. The molecule has 162 valence electrons. The van der Waals surface area contributed by atoms with Gasteiger partial charge in [0.15, 0.2) is 0 Å². The van der Waals surface area contributed by atoms with Gasteiger partial charge in [-0.25, -0.2) is 0 Å². The van der Waals surface area contributed by atoms with E-state index in [-0.39, 0.29) is 25.4 Å². The molecule has 30 heavy (non-hydrogen) atoms. The molecule has 8 heteroatoms. The van der Waals surface area contributed by atoms with Gasteiger partial charge in [-0.15, -0.1) is 0 Å². The zero-order valence-electron chi connectivity index (χ0n) is 17.1. The molecule has 1 saturated heterocycles. The largest absolute Gasteiger partial charge is 0.497 e. The topological polar surface area (TPSA) is 91.3 Å². The third kappa shape index (κ3) is 5.23. The van der Waals surface area contributed by atoms with Crippen LogP contribution in [0.2, 0.25) is 5.02 Å². The van der Waals surface area contributed by atoms with Crippen LogP contribution in [0.25, 0.3) is 0 Å². The number of nitrogens with zero attached hydrogens (tertiary/aromatic N) is 1. The lowest BCUT2D eigenvalue weighted by atomic mass is 9.88. The Morgan fingerprint density at radius 2 is 1.83 bits per heavy atom. The molecule has 0 radical (unpaired) electrons. The number of aliphatic hydroxyl groups is 2. The lowest BCUT2D eigenvalue weighted by Gasteiger charge is -2.42. The van der Waals surface area contributed by atoms with Gasteiger partial charge in [0.1, 0.15) is 23.2 Å². The van der Waals surface area contributed by atoms with E-state index in [0.29, 0.717) is 35.2 Å². The summed E-state index contributed by atoms with van der Waals surface area (Å²) >= 11 is 5.87. The van der Waals surface area contributed by atoms with Gasteiger partial charge in [-0.1, -0.05) is 11.6 Å². The van der Waals surface area contributed by atoms with Crippen molar-refractivity contribution in [2.45, 2.75) is 24.7 Å². The maximum atomic E-state index is 12.6. The quantitative estimate of drug-likeness (QED) is 0.618. The van der Waals surface area contributed by atoms with Crippen molar-refractivity contribution in [3.05, 3.63) is 58.6 Å². The van der Waals surface area contributed by atoms with Crippen molar-refractivity contribution in [3.63, 3.8) is 0 Å². The molecule has 1 heterocycles. The Morgan fingerprint density at radius 1 is 1.20 bits per heavy atom. The maximum Gasteiger partial charge on any atom is 0.253 e. The molecular formula is C22H27ClN2O5. The molecule has 3 rings (SSSR count). The summed E-state index contributed by atoms with van der Waals surface area (Å²) in [6, 6.07) is 12.2. The van der Waals surface area contributed by atoms with Crippen molar-refractivity contribution in [2.24, 2.45) is 0 Å². The Labute approximate surface area is 181 Å². The van der Waals surface area contributed by atoms with Crippen LogP contribution in [0.5, 0.6) is 11.5 Å². The first-order chi connectivity index (χ1) is 14.3. The van der Waals surface area contributed by atoms with Crippen LogP contribution in [0.3, 0.4) is 0 Å². The Kier molecular flexibility index (Phi) is 7.20. The smallest absolute Gasteiger partial charge is 0.253 e. The summed E-state index contributed by atoms with van der Waals surface area (Å²) in [6.07, 6.45) is -0.795. The normalized spacial score (nSPS) is 21.4. The molecule has 2 aromatic rings. The van der Waals surface area contributed by atoms with E-state index in [2.05, 4.69) is 5.32 Å². The molecule has 0 unspecified atom stereocenters. The number of rotatable bonds is 7. The second-order valence-corrected chi connectivity index (χ2v) is 7.89. The average Bonchev–Trinajstić information content (AvgIpc) is 2.75. The highest BCUT2D eigenvalue weighted by Crippen LogP contribution is 2.25. The number of nitrogens with one attached hydrogen (secondary N) is 1. The van der Waals surface area contributed by atoms with Crippen LogP contribution in [0.4, 0.5) is 0 Å². The van der Waals surface area contributed by atoms with E-state index in [9.17, 15) is 15.0 Å². The second-order valence-electron chi connectivity index (χ2n) is 7.45. The molecule has 2 aromatic carbocycles. The third-order valence-electron chi connectivity index (χ3n) is 5.38. The molecule has 0 aliphatic carbocycles. The number of ether oxygens (including phenoxy) is 2. The van der Waals surface area contributed by atoms with E-state index >= 15 is 0 Å². The van der Waals surface area contributed by atoms with E-state index in [1.807, 2.05) is 12.1 Å². The Morgan fingerprint density at radius 3 is 2.40 bits per heavy atom. The average molecular weight is 435 g/mol. The zero-order chi connectivity index (χ0) is 21.7. The van der Waals surface area contributed by atoms with Crippen LogP contribution in [0.15, 0.2) is 42.5 Å². The van der Waals surface area contributed by atoms with Crippen molar-refractivity contribution in [1.82, 2.24) is 10.2 Å². The van der Waals surface area contributed by atoms with E-state index in [1.165, 1.54) is 0 Å². The van der Waals surface area contributed by atoms with Crippen molar-refractivity contribution in [3.8, 4) is 11.5 Å². The summed E-state index contributed by atoms with van der Waals surface area (Å²) in [5.74, 6) is 1.17. The fraction of sp³-hybridized carbons (Fsp3) is 0.409. The van der Waals surface area contributed by atoms with Crippen molar-refractivity contribution in [2.75, 3.05) is 33.9 Å². The fourth-order valence-corrected chi connectivity index (χ4v) is 3.65. The summed E-state index contributed by atoms with van der Waals surface area (Å²) in [7, 11) is 3.17. The van der Waals surface area contributed by atoms with Crippen molar-refractivity contribution in [1.29, 1.82) is 0 Å². The predicted molar refractivity (Wildman–Crippen MR) is 114 cm³/mol. The Bertz CT molecular complexity index is 854. The summed E-state index contributed by atoms with van der Waals surface area (Å²) in [4.78, 5) is 14.2. The van der Waals surface area contributed by atoms with E-state index in [4.69, 9.17) is 21.1 Å². The molecule has 0 spiro atoms. The fourth-order valence-electron chi connectivity index (χ4n) is 3.52. The van der Waals surface area contributed by atoms with Crippen LogP contribution in [0, 0.1) is 0 Å². The number of β-amino-alcohol motifs (C(OH)–C–C–N with tert-alkyl or cyclic N) is 1. The van der Waals surface area contributed by atoms with Gasteiger partial charge in [-0.05, 0) is 48.4 Å². The Hall–Kier alpha value is -2.32. The third-order valence-corrected chi connectivity index (χ3v) is 5.63. The lowest BCUT2D eigenvalue weighted by Crippen LogP contribution is -2.60. The van der Waals surface area contributed by atoms with Gasteiger partial charge in [-0.2, -0.15) is 0 Å². The van der Waals surface area contributed by atoms with Crippen molar-refractivity contribution < 1.29 is 24.5 Å². The van der Waals surface area contributed by atoms with Gasteiger partial charge in [0.2, 0.25) is 0 Å². The lowest BCUT2D eigenvalue weighted by molar-refractivity contribution is -0.110. The molecule has 3 N–H and O–H groups in total. The number of halogens is 1. The summed E-state index contributed by atoms with van der Waals surface area (Å²) < 4.78 is 10.5. The molecule has 1 amide bonds. The van der Waals surface area contributed by atoms with Crippen LogP contribution >= 0.6 is 11.6 Å². The molecule has 0 aromatic heterocycles. The van der Waals surface area contributed by atoms with Gasteiger partial charge >= 0.3 is 0 Å². The van der Waals surface area contributed by atoms with Gasteiger partial charge in [0, 0.05) is 42.8 Å². The first-order valence-corrected chi connectivity index (χ1v) is 10.1. The van der Waals surface area contributed by atoms with Crippen LogP contribution in [0.1, 0.15) is 22.3 Å². The van der Waals surface area contributed by atoms with E-state index in [1.54, 1.807) is 49.5 Å². The predicted octanol–water partition coefficient (Wildman–Crippen LogP) is 2.08. The number of carbonyl (C=O) groups excluding carboxylic acids is 1. The summed E-state index contributed by atoms with van der Waals surface area (Å²) in [5, 5.41) is 25.2. The SMILES string of the molecule is COc1cc(CNC[C@@]2(O)CCN(C(=O)c3ccc(Cl)cc3)C[C@@H]2O)cc(OC)c1. The highest BCUT2D eigenvalue weighted by Gasteiger charge is 2.41. The number of amides is 1. The highest BCUT2D eigenvalue weighted by atomic mass is 35.5. The number of methoxy groups -OCH3 is 2. The molecule has 1 aliphatic heterocycles. The first-order valence-electron chi connectivity index (χ1n) is 9.72. The molecule has 7 nitrogen and oxygen atoms in total. The summed E-state index contributed by atoms with van der Waals surface area (Å²) in [6.45, 7) is 1.07. The maximum absolute atomic E-state index is 12.6. The molecule has 1 fully saturated rings. The minimum atomic E-state index is -1.32.